The molecule has 1 N–H and O–H groups in total. The number of alkyl halides is 2. The Balaban J connectivity index is 2.33. The lowest BCUT2D eigenvalue weighted by Crippen LogP contribution is -2.32. The summed E-state index contributed by atoms with van der Waals surface area (Å²) in [4.78, 5) is 11.9. The number of halogens is 2. The van der Waals surface area contributed by atoms with Crippen molar-refractivity contribution in [1.29, 1.82) is 0 Å². The molecule has 0 unspecified atom stereocenters. The number of anilines is 1. The summed E-state index contributed by atoms with van der Waals surface area (Å²) >= 11 is 0. The molecule has 0 spiro atoms. The van der Waals surface area contributed by atoms with Gasteiger partial charge in [-0.3, -0.25) is 4.79 Å². The van der Waals surface area contributed by atoms with Gasteiger partial charge in [0.15, 0.2) is 0 Å². The summed E-state index contributed by atoms with van der Waals surface area (Å²) in [5.41, 5.74) is 0.491. The summed E-state index contributed by atoms with van der Waals surface area (Å²) in [6.07, 6.45) is 0. The fraction of sp³-hybridized carbons (Fsp3) is 0.188. The van der Waals surface area contributed by atoms with Gasteiger partial charge in [-0.15, -0.1) is 0 Å². The van der Waals surface area contributed by atoms with E-state index >= 15 is 0 Å². The molecule has 0 aliphatic carbocycles. The Kier molecular flexibility index (Phi) is 4.21. The molecule has 0 heterocycles. The van der Waals surface area contributed by atoms with Crippen LogP contribution < -0.4 is 10.1 Å². The first-order valence-electron chi connectivity index (χ1n) is 6.34. The molecule has 2 aromatic carbocycles. The molecule has 5 heteroatoms. The van der Waals surface area contributed by atoms with Crippen LogP contribution in [0.5, 0.6) is 5.75 Å². The van der Waals surface area contributed by atoms with Crippen molar-refractivity contribution >= 4 is 11.6 Å². The fourth-order valence-corrected chi connectivity index (χ4v) is 1.92. The average Bonchev–Trinajstić information content (AvgIpc) is 2.48. The first-order chi connectivity index (χ1) is 9.95. The zero-order chi connectivity index (χ0) is 15.5. The molecular formula is C16H15F2NO2. The van der Waals surface area contributed by atoms with Crippen molar-refractivity contribution in [2.45, 2.75) is 12.8 Å². The second-order valence-electron chi connectivity index (χ2n) is 4.60. The lowest BCUT2D eigenvalue weighted by molar-refractivity contribution is -0.141. The highest BCUT2D eigenvalue weighted by Crippen LogP contribution is 2.36. The number of rotatable bonds is 4. The van der Waals surface area contributed by atoms with Crippen molar-refractivity contribution in [3.8, 4) is 5.75 Å². The van der Waals surface area contributed by atoms with E-state index in [1.54, 1.807) is 43.3 Å². The minimum Gasteiger partial charge on any atom is -0.496 e. The van der Waals surface area contributed by atoms with Crippen LogP contribution >= 0.6 is 0 Å². The van der Waals surface area contributed by atoms with E-state index in [4.69, 9.17) is 4.74 Å². The Hall–Kier alpha value is -2.43. The molecule has 0 saturated heterocycles. The van der Waals surface area contributed by atoms with Crippen molar-refractivity contribution in [3.05, 3.63) is 59.7 Å². The van der Waals surface area contributed by atoms with Gasteiger partial charge in [0.25, 0.3) is 5.91 Å². The molecule has 110 valence electrons. The number of para-hydroxylation sites is 1. The van der Waals surface area contributed by atoms with Crippen molar-refractivity contribution in [2.24, 2.45) is 0 Å². The topological polar surface area (TPSA) is 38.3 Å². The predicted molar refractivity (Wildman–Crippen MR) is 76.7 cm³/mol. The highest BCUT2D eigenvalue weighted by molar-refractivity contribution is 5.97. The Morgan fingerprint density at radius 2 is 1.81 bits per heavy atom. The maximum atomic E-state index is 14.4. The highest BCUT2D eigenvalue weighted by atomic mass is 19.3. The van der Waals surface area contributed by atoms with Gasteiger partial charge in [-0.05, 0) is 31.2 Å². The van der Waals surface area contributed by atoms with Gasteiger partial charge in [-0.1, -0.05) is 29.8 Å². The molecule has 0 aliphatic rings. The molecule has 3 nitrogen and oxygen atoms in total. The number of carbonyl (C=O) groups is 1. The molecule has 0 bridgehead atoms. The largest absolute Gasteiger partial charge is 0.496 e. The van der Waals surface area contributed by atoms with Crippen LogP contribution in [-0.4, -0.2) is 13.0 Å². The first-order valence-corrected chi connectivity index (χ1v) is 6.34. The molecule has 1 amide bonds. The molecule has 0 atom stereocenters. The second-order valence-corrected chi connectivity index (χ2v) is 4.60. The monoisotopic (exact) mass is 291 g/mol. The van der Waals surface area contributed by atoms with Gasteiger partial charge in [0.05, 0.1) is 12.7 Å². The zero-order valence-electron chi connectivity index (χ0n) is 11.7. The molecule has 0 aromatic heterocycles. The van der Waals surface area contributed by atoms with E-state index in [-0.39, 0.29) is 5.75 Å². The number of benzene rings is 2. The van der Waals surface area contributed by atoms with E-state index in [9.17, 15) is 13.6 Å². The number of carbonyl (C=O) groups excluding carboxylic acids is 1. The van der Waals surface area contributed by atoms with Crippen LogP contribution in [0.4, 0.5) is 14.5 Å². The third-order valence-corrected chi connectivity index (χ3v) is 3.01. The lowest BCUT2D eigenvalue weighted by Gasteiger charge is -2.19. The number of amides is 1. The van der Waals surface area contributed by atoms with E-state index in [0.29, 0.717) is 11.3 Å². The average molecular weight is 291 g/mol. The van der Waals surface area contributed by atoms with Gasteiger partial charge in [0.2, 0.25) is 0 Å². The normalized spacial score (nSPS) is 11.0. The number of hydrogen-bond donors (Lipinski definition) is 1. The highest BCUT2D eigenvalue weighted by Gasteiger charge is 2.43. The van der Waals surface area contributed by atoms with Gasteiger partial charge in [-0.2, -0.15) is 8.78 Å². The third kappa shape index (κ3) is 3.18. The molecule has 0 radical (unpaired) electrons. The molecule has 0 saturated carbocycles. The van der Waals surface area contributed by atoms with E-state index in [1.165, 1.54) is 19.2 Å². The summed E-state index contributed by atoms with van der Waals surface area (Å²) in [5.74, 6) is -5.10. The van der Waals surface area contributed by atoms with Crippen LogP contribution in [0.1, 0.15) is 11.1 Å². The van der Waals surface area contributed by atoms with Crippen molar-refractivity contribution in [1.82, 2.24) is 0 Å². The number of ether oxygens (including phenoxy) is 1. The van der Waals surface area contributed by atoms with Gasteiger partial charge in [-0.25, -0.2) is 0 Å². The standard InChI is InChI=1S/C16H15F2NO2/c1-11-8-9-14(21-2)13(10-11)16(17,18)15(20)19-12-6-4-3-5-7-12/h3-10H,1-2H3,(H,19,20). The van der Waals surface area contributed by atoms with E-state index in [2.05, 4.69) is 5.32 Å². The van der Waals surface area contributed by atoms with Gasteiger partial charge >= 0.3 is 5.92 Å². The van der Waals surface area contributed by atoms with Gasteiger partial charge < -0.3 is 10.1 Å². The zero-order valence-corrected chi connectivity index (χ0v) is 11.7. The summed E-state index contributed by atoms with van der Waals surface area (Å²) in [6, 6.07) is 12.5. The molecule has 0 fully saturated rings. The minimum atomic E-state index is -3.69. The molecule has 21 heavy (non-hydrogen) atoms. The lowest BCUT2D eigenvalue weighted by atomic mass is 10.0. The summed E-state index contributed by atoms with van der Waals surface area (Å²) in [5, 5.41) is 2.21. The smallest absolute Gasteiger partial charge is 0.353 e. The maximum Gasteiger partial charge on any atom is 0.353 e. The minimum absolute atomic E-state index is 0.0196. The number of aryl methyl sites for hydroxylation is 1. The van der Waals surface area contributed by atoms with Gasteiger partial charge in [0, 0.05) is 5.69 Å². The second kappa shape index (κ2) is 5.91. The van der Waals surface area contributed by atoms with Gasteiger partial charge in [0.1, 0.15) is 5.75 Å². The van der Waals surface area contributed by atoms with Crippen LogP contribution in [0.2, 0.25) is 0 Å². The van der Waals surface area contributed by atoms with Crippen molar-refractivity contribution in [3.63, 3.8) is 0 Å². The molecular weight excluding hydrogens is 276 g/mol. The summed E-state index contributed by atoms with van der Waals surface area (Å²) in [6.45, 7) is 1.67. The quantitative estimate of drug-likeness (QED) is 0.932. The first kappa shape index (κ1) is 15.0. The summed E-state index contributed by atoms with van der Waals surface area (Å²) in [7, 11) is 1.29. The van der Waals surface area contributed by atoms with Crippen LogP contribution in [0, 0.1) is 6.92 Å². The Bertz CT molecular complexity index is 642. The molecule has 2 aromatic rings. The number of hydrogen-bond acceptors (Lipinski definition) is 2. The Labute approximate surface area is 121 Å². The van der Waals surface area contributed by atoms with E-state index in [1.807, 2.05) is 0 Å². The maximum absolute atomic E-state index is 14.4. The van der Waals surface area contributed by atoms with Crippen LogP contribution in [-0.2, 0) is 10.7 Å². The molecule has 2 rings (SSSR count). The predicted octanol–water partition coefficient (Wildman–Crippen LogP) is 3.73. The Morgan fingerprint density at radius 1 is 1.14 bits per heavy atom. The van der Waals surface area contributed by atoms with Crippen LogP contribution in [0.25, 0.3) is 0 Å². The van der Waals surface area contributed by atoms with Crippen LogP contribution in [0.3, 0.4) is 0 Å². The Morgan fingerprint density at radius 3 is 2.43 bits per heavy atom. The third-order valence-electron chi connectivity index (χ3n) is 3.01. The van der Waals surface area contributed by atoms with Crippen molar-refractivity contribution < 1.29 is 18.3 Å². The van der Waals surface area contributed by atoms with E-state index < -0.39 is 17.4 Å². The number of nitrogens with one attached hydrogen (secondary N) is 1. The SMILES string of the molecule is COc1ccc(C)cc1C(F)(F)C(=O)Nc1ccccc1. The van der Waals surface area contributed by atoms with Crippen LogP contribution in [0.15, 0.2) is 48.5 Å². The molecule has 0 aliphatic heterocycles. The summed E-state index contributed by atoms with van der Waals surface area (Å²) < 4.78 is 33.7. The van der Waals surface area contributed by atoms with E-state index in [0.717, 1.165) is 0 Å². The fourth-order valence-electron chi connectivity index (χ4n) is 1.92. The van der Waals surface area contributed by atoms with Crippen molar-refractivity contribution in [2.75, 3.05) is 12.4 Å². The number of methoxy groups -OCH3 is 1.